The summed E-state index contributed by atoms with van der Waals surface area (Å²) in [7, 11) is 0. The van der Waals surface area contributed by atoms with E-state index in [1.807, 2.05) is 0 Å². The van der Waals surface area contributed by atoms with Crippen LogP contribution in [0, 0.1) is 0 Å². The van der Waals surface area contributed by atoms with E-state index >= 15 is 0 Å². The van der Waals surface area contributed by atoms with Gasteiger partial charge in [-0.25, -0.2) is 0 Å². The molecule has 0 bridgehead atoms. The van der Waals surface area contributed by atoms with Gasteiger partial charge < -0.3 is 14.2 Å². The van der Waals surface area contributed by atoms with Gasteiger partial charge in [-0.2, -0.15) is 0 Å². The summed E-state index contributed by atoms with van der Waals surface area (Å²) in [5, 5.41) is 0. The van der Waals surface area contributed by atoms with Crippen LogP contribution in [0.5, 0.6) is 0 Å². The lowest BCUT2D eigenvalue weighted by atomic mass is 10.0. The van der Waals surface area contributed by atoms with Gasteiger partial charge in [-0.3, -0.25) is 0 Å². The summed E-state index contributed by atoms with van der Waals surface area (Å²) in [5.74, 6) is 1.58. The standard InChI is InChI=1S/C38H72Cl2O3/c1-3-5-7-17-23-29-37(31-25-19-13-9-11-15-21-27-33-39)42-35-41-36-43-38(30-24-18-8-6-4-2)32-26-20-14-10-12-16-22-28-34-40/h13-14,19-20,37-38H,3-12,15-18,21-36H2,1-2H3. The Labute approximate surface area is 279 Å². The third-order valence-electron chi connectivity index (χ3n) is 8.19. The van der Waals surface area contributed by atoms with Gasteiger partial charge in [-0.1, -0.05) is 128 Å². The van der Waals surface area contributed by atoms with Crippen LogP contribution in [-0.2, 0) is 14.2 Å². The number of ether oxygens (including phenoxy) is 3. The molecule has 0 aromatic carbocycles. The molecule has 0 aliphatic carbocycles. The first-order valence-electron chi connectivity index (χ1n) is 18.5. The van der Waals surface area contributed by atoms with Gasteiger partial charge in [0.05, 0.1) is 12.2 Å². The van der Waals surface area contributed by atoms with E-state index in [1.54, 1.807) is 0 Å². The molecule has 0 fully saturated rings. The van der Waals surface area contributed by atoms with Gasteiger partial charge in [0.15, 0.2) is 0 Å². The Bertz CT molecular complexity index is 521. The average molecular weight is 648 g/mol. The molecular weight excluding hydrogens is 575 g/mol. The summed E-state index contributed by atoms with van der Waals surface area (Å²) in [6.45, 7) is 5.21. The summed E-state index contributed by atoms with van der Waals surface area (Å²) < 4.78 is 18.3. The molecule has 2 unspecified atom stereocenters. The molecule has 0 aliphatic rings. The Morgan fingerprint density at radius 1 is 0.419 bits per heavy atom. The predicted octanol–water partition coefficient (Wildman–Crippen LogP) is 13.5. The third-order valence-corrected chi connectivity index (χ3v) is 8.72. The Balaban J connectivity index is 4.40. The Morgan fingerprint density at radius 2 is 0.791 bits per heavy atom. The first kappa shape index (κ1) is 42.9. The zero-order valence-electron chi connectivity index (χ0n) is 28.7. The third kappa shape index (κ3) is 34.7. The van der Waals surface area contributed by atoms with E-state index in [-0.39, 0.29) is 12.2 Å². The van der Waals surface area contributed by atoms with Crippen LogP contribution < -0.4 is 0 Å². The summed E-state index contributed by atoms with van der Waals surface area (Å²) >= 11 is 11.5. The number of halogens is 2. The molecule has 0 heterocycles. The molecule has 43 heavy (non-hydrogen) atoms. The molecule has 2 atom stereocenters. The molecule has 0 N–H and O–H groups in total. The minimum atomic E-state index is 0.268. The van der Waals surface area contributed by atoms with E-state index in [0.29, 0.717) is 13.6 Å². The first-order valence-corrected chi connectivity index (χ1v) is 19.6. The molecule has 5 heteroatoms. The molecule has 3 nitrogen and oxygen atoms in total. The van der Waals surface area contributed by atoms with Crippen LogP contribution in [0.1, 0.15) is 181 Å². The second kappa shape index (κ2) is 38.1. The monoisotopic (exact) mass is 646 g/mol. The van der Waals surface area contributed by atoms with Gasteiger partial charge in [-0.15, -0.1) is 23.2 Å². The molecule has 0 spiro atoms. The lowest BCUT2D eigenvalue weighted by Crippen LogP contribution is -2.19. The van der Waals surface area contributed by atoms with E-state index < -0.39 is 0 Å². The van der Waals surface area contributed by atoms with Gasteiger partial charge in [0.2, 0.25) is 0 Å². The van der Waals surface area contributed by atoms with Crippen molar-refractivity contribution >= 4 is 23.2 Å². The minimum Gasteiger partial charge on any atom is -0.352 e. The van der Waals surface area contributed by atoms with Crippen LogP contribution in [0.25, 0.3) is 0 Å². The summed E-state index contributed by atoms with van der Waals surface area (Å²) in [6, 6.07) is 0. The van der Waals surface area contributed by atoms with E-state index in [0.717, 1.165) is 63.1 Å². The van der Waals surface area contributed by atoms with Crippen molar-refractivity contribution in [3.05, 3.63) is 24.3 Å². The van der Waals surface area contributed by atoms with Crippen LogP contribution >= 0.6 is 23.2 Å². The number of hydrogen-bond donors (Lipinski definition) is 0. The van der Waals surface area contributed by atoms with E-state index in [9.17, 15) is 0 Å². The van der Waals surface area contributed by atoms with Crippen LogP contribution in [0.2, 0.25) is 0 Å². The van der Waals surface area contributed by atoms with Crippen LogP contribution in [-0.4, -0.2) is 37.6 Å². The molecule has 256 valence electrons. The Morgan fingerprint density at radius 3 is 1.21 bits per heavy atom. The summed E-state index contributed by atoms with van der Waals surface area (Å²) in [5.41, 5.74) is 0. The van der Waals surface area contributed by atoms with Gasteiger partial charge in [0.25, 0.3) is 0 Å². The van der Waals surface area contributed by atoms with Crippen LogP contribution in [0.15, 0.2) is 24.3 Å². The molecule has 0 aliphatic heterocycles. The van der Waals surface area contributed by atoms with Crippen molar-refractivity contribution in [2.24, 2.45) is 0 Å². The van der Waals surface area contributed by atoms with E-state index in [2.05, 4.69) is 38.2 Å². The van der Waals surface area contributed by atoms with Crippen molar-refractivity contribution in [3.63, 3.8) is 0 Å². The molecule has 0 saturated heterocycles. The lowest BCUT2D eigenvalue weighted by Gasteiger charge is -2.20. The smallest absolute Gasteiger partial charge is 0.149 e. The number of unbranched alkanes of at least 4 members (excludes halogenated alkanes) is 16. The molecule has 0 saturated carbocycles. The van der Waals surface area contributed by atoms with Crippen LogP contribution in [0.3, 0.4) is 0 Å². The van der Waals surface area contributed by atoms with Crippen molar-refractivity contribution in [1.82, 2.24) is 0 Å². The normalized spacial score (nSPS) is 13.5. The molecule has 0 aromatic rings. The SMILES string of the molecule is CCCCCCCC(CCC=CCCCCCCCl)OCOCOC(CCC=CCCCCCCCl)CCCCCCC. The number of allylic oxidation sites excluding steroid dienone is 4. The van der Waals surface area contributed by atoms with Crippen molar-refractivity contribution in [1.29, 1.82) is 0 Å². The maximum absolute atomic E-state index is 6.22. The Hall–Kier alpha value is -0.0600. The first-order chi connectivity index (χ1) is 21.3. The number of rotatable bonds is 36. The molecule has 0 rings (SSSR count). The zero-order chi connectivity index (χ0) is 31.3. The molecule has 0 radical (unpaired) electrons. The largest absolute Gasteiger partial charge is 0.352 e. The maximum Gasteiger partial charge on any atom is 0.149 e. The quantitative estimate of drug-likeness (QED) is 0.0293. The van der Waals surface area contributed by atoms with Crippen molar-refractivity contribution in [2.45, 2.75) is 193 Å². The highest BCUT2D eigenvalue weighted by Gasteiger charge is 2.11. The highest BCUT2D eigenvalue weighted by atomic mass is 35.5. The fourth-order valence-electron chi connectivity index (χ4n) is 5.35. The number of hydrogen-bond acceptors (Lipinski definition) is 3. The lowest BCUT2D eigenvalue weighted by molar-refractivity contribution is -0.167. The van der Waals surface area contributed by atoms with Crippen molar-refractivity contribution in [2.75, 3.05) is 25.3 Å². The summed E-state index contributed by atoms with van der Waals surface area (Å²) in [6.07, 6.45) is 41.7. The zero-order valence-corrected chi connectivity index (χ0v) is 30.2. The molecular formula is C38H72Cl2O3. The maximum atomic E-state index is 6.22. The Kier molecular flexibility index (Phi) is 38.1. The van der Waals surface area contributed by atoms with Crippen molar-refractivity contribution in [3.8, 4) is 0 Å². The fourth-order valence-corrected chi connectivity index (χ4v) is 5.73. The van der Waals surface area contributed by atoms with E-state index in [1.165, 1.54) is 116 Å². The van der Waals surface area contributed by atoms with Gasteiger partial charge in [0.1, 0.15) is 13.6 Å². The highest BCUT2D eigenvalue weighted by molar-refractivity contribution is 6.18. The van der Waals surface area contributed by atoms with E-state index in [4.69, 9.17) is 37.4 Å². The topological polar surface area (TPSA) is 27.7 Å². The number of alkyl halides is 2. The fraction of sp³-hybridized carbons (Fsp3) is 0.895. The van der Waals surface area contributed by atoms with Crippen molar-refractivity contribution < 1.29 is 14.2 Å². The predicted molar refractivity (Wildman–Crippen MR) is 192 cm³/mol. The molecule has 0 amide bonds. The second-order valence-corrected chi connectivity index (χ2v) is 13.1. The summed E-state index contributed by atoms with van der Waals surface area (Å²) in [4.78, 5) is 0. The van der Waals surface area contributed by atoms with Gasteiger partial charge >= 0.3 is 0 Å². The van der Waals surface area contributed by atoms with Crippen LogP contribution in [0.4, 0.5) is 0 Å². The van der Waals surface area contributed by atoms with Gasteiger partial charge in [-0.05, 0) is 77.0 Å². The van der Waals surface area contributed by atoms with Gasteiger partial charge in [0, 0.05) is 11.8 Å². The highest BCUT2D eigenvalue weighted by Crippen LogP contribution is 2.17. The minimum absolute atomic E-state index is 0.268. The second-order valence-electron chi connectivity index (χ2n) is 12.3. The average Bonchev–Trinajstić information content (AvgIpc) is 3.01. The molecule has 0 aromatic heterocycles.